The molecule has 178 valence electrons. The maximum Gasteiger partial charge on any atom is 0.446 e. The maximum absolute atomic E-state index is 12.7. The molecule has 0 saturated carbocycles. The van der Waals surface area contributed by atoms with Crippen LogP contribution in [0, 0.1) is 0 Å². The highest BCUT2D eigenvalue weighted by atomic mass is 35.5. The van der Waals surface area contributed by atoms with Crippen molar-refractivity contribution in [2.75, 3.05) is 11.6 Å². The van der Waals surface area contributed by atoms with Crippen LogP contribution in [-0.4, -0.2) is 45.7 Å². The number of Topliss-reactive ketones (excluding diaryl/α,β-unsaturated/α-hetero) is 1. The van der Waals surface area contributed by atoms with Crippen molar-refractivity contribution in [2.24, 2.45) is 0 Å². The molecule has 1 saturated heterocycles. The summed E-state index contributed by atoms with van der Waals surface area (Å²) in [6, 6.07) is 12.3. The maximum atomic E-state index is 12.7. The monoisotopic (exact) mass is 507 g/mol. The van der Waals surface area contributed by atoms with Gasteiger partial charge in [0.25, 0.3) is 0 Å². The number of carbonyl (C=O) groups excluding carboxylic acids is 2. The molecule has 1 aliphatic rings. The summed E-state index contributed by atoms with van der Waals surface area (Å²) in [5, 5.41) is 1.46. The molecule has 0 bridgehead atoms. The van der Waals surface area contributed by atoms with Crippen molar-refractivity contribution in [3.8, 4) is 0 Å². The Labute approximate surface area is 203 Å². The van der Waals surface area contributed by atoms with Gasteiger partial charge in [0.1, 0.15) is 6.04 Å². The lowest BCUT2D eigenvalue weighted by Gasteiger charge is -2.34. The number of pyridine rings is 1. The van der Waals surface area contributed by atoms with E-state index in [4.69, 9.17) is 11.6 Å². The fourth-order valence-corrected chi connectivity index (χ4v) is 5.12. The van der Waals surface area contributed by atoms with Crippen LogP contribution in [0.1, 0.15) is 19.4 Å². The topological polar surface area (TPSA) is 53.5 Å². The Bertz CT molecular complexity index is 1230. The third kappa shape index (κ3) is 4.92. The molecule has 1 atom stereocenters. The van der Waals surface area contributed by atoms with Crippen LogP contribution in [0.3, 0.4) is 0 Å². The Hall–Kier alpha value is -2.62. The van der Waals surface area contributed by atoms with Gasteiger partial charge in [-0.15, -0.1) is 0 Å². The van der Waals surface area contributed by atoms with Gasteiger partial charge in [0.2, 0.25) is 5.78 Å². The number of thioether (sulfide) groups is 1. The van der Waals surface area contributed by atoms with Crippen LogP contribution < -0.4 is 4.90 Å². The first kappa shape index (κ1) is 24.5. The minimum atomic E-state index is -4.39. The van der Waals surface area contributed by atoms with Gasteiger partial charge in [-0.2, -0.15) is 13.2 Å². The molecule has 0 aliphatic carbocycles. The Morgan fingerprint density at radius 1 is 1.21 bits per heavy atom. The highest BCUT2D eigenvalue weighted by molar-refractivity contribution is 8.00. The lowest BCUT2D eigenvalue weighted by Crippen LogP contribution is -2.51. The molecule has 4 rings (SSSR count). The Morgan fingerprint density at radius 2 is 1.91 bits per heavy atom. The predicted molar refractivity (Wildman–Crippen MR) is 127 cm³/mol. The molecule has 0 radical (unpaired) electrons. The highest BCUT2D eigenvalue weighted by Gasteiger charge is 2.50. The van der Waals surface area contributed by atoms with Crippen LogP contribution in [0.15, 0.2) is 59.6 Å². The second-order valence-corrected chi connectivity index (χ2v) is 10.1. The number of ketones is 1. The molecular formula is C24H21ClF3N3O2S. The number of hydrogen-bond donors (Lipinski definition) is 0. The van der Waals surface area contributed by atoms with E-state index >= 15 is 0 Å². The SMILES string of the molecule is CC1(C)C(C(=O)C=O)N(c2ccc(SC(F)(F)F)cc2)CN1Cc1ccnc2ccc(Cl)cc12. The molecule has 0 N–H and O–H groups in total. The summed E-state index contributed by atoms with van der Waals surface area (Å²) in [6.07, 6.45) is 2.01. The molecule has 0 spiro atoms. The standard InChI is InChI=1S/C24H21ClF3N3O2S/c1-23(2)22(21(33)13-32)31(17-4-6-18(7-5-17)34-24(26,27)28)14-30(23)12-15-9-10-29-20-8-3-16(25)11-19(15)20/h3-11,13,22H,12,14H2,1-2H3. The van der Waals surface area contributed by atoms with E-state index in [9.17, 15) is 22.8 Å². The van der Waals surface area contributed by atoms with Crippen LogP contribution in [-0.2, 0) is 16.1 Å². The second-order valence-electron chi connectivity index (χ2n) is 8.56. The van der Waals surface area contributed by atoms with E-state index in [0.717, 1.165) is 16.5 Å². The van der Waals surface area contributed by atoms with E-state index < -0.39 is 22.9 Å². The van der Waals surface area contributed by atoms with Gasteiger partial charge < -0.3 is 4.90 Å². The van der Waals surface area contributed by atoms with E-state index in [-0.39, 0.29) is 16.7 Å². The predicted octanol–water partition coefficient (Wildman–Crippen LogP) is 5.70. The second kappa shape index (κ2) is 9.20. The number of aldehydes is 1. The quantitative estimate of drug-likeness (QED) is 0.242. The van der Waals surface area contributed by atoms with Gasteiger partial charge >= 0.3 is 5.51 Å². The number of aromatic nitrogens is 1. The summed E-state index contributed by atoms with van der Waals surface area (Å²) in [4.78, 5) is 32.4. The van der Waals surface area contributed by atoms with Crippen LogP contribution in [0.2, 0.25) is 5.02 Å². The highest BCUT2D eigenvalue weighted by Crippen LogP contribution is 2.40. The molecule has 10 heteroatoms. The summed E-state index contributed by atoms with van der Waals surface area (Å²) in [5.74, 6) is -0.594. The number of nitrogens with zero attached hydrogens (tertiary/aromatic N) is 3. The Kier molecular flexibility index (Phi) is 6.63. The van der Waals surface area contributed by atoms with Crippen LogP contribution in [0.5, 0.6) is 0 Å². The van der Waals surface area contributed by atoms with Gasteiger partial charge in [-0.1, -0.05) is 11.6 Å². The lowest BCUT2D eigenvalue weighted by molar-refractivity contribution is -0.131. The van der Waals surface area contributed by atoms with Gasteiger partial charge in [-0.05, 0) is 79.7 Å². The minimum absolute atomic E-state index is 0.0463. The largest absolute Gasteiger partial charge is 0.446 e. The van der Waals surface area contributed by atoms with Crippen molar-refractivity contribution in [1.29, 1.82) is 0 Å². The molecule has 2 aromatic carbocycles. The van der Waals surface area contributed by atoms with Crippen molar-refractivity contribution >= 4 is 52.0 Å². The van der Waals surface area contributed by atoms with Crippen LogP contribution >= 0.6 is 23.4 Å². The summed E-state index contributed by atoms with van der Waals surface area (Å²) in [5.41, 5.74) is -2.83. The zero-order chi connectivity index (χ0) is 24.7. The number of anilines is 1. The fourth-order valence-electron chi connectivity index (χ4n) is 4.41. The molecule has 1 aromatic heterocycles. The minimum Gasteiger partial charge on any atom is -0.346 e. The fraction of sp³-hybridized carbons (Fsp3) is 0.292. The molecule has 1 unspecified atom stereocenters. The number of alkyl halides is 3. The van der Waals surface area contributed by atoms with E-state index in [2.05, 4.69) is 9.88 Å². The molecule has 1 aliphatic heterocycles. The summed E-state index contributed by atoms with van der Waals surface area (Å²) in [7, 11) is 0. The first-order chi connectivity index (χ1) is 16.0. The van der Waals surface area contributed by atoms with Crippen molar-refractivity contribution in [1.82, 2.24) is 9.88 Å². The van der Waals surface area contributed by atoms with Gasteiger partial charge in [0, 0.05) is 39.3 Å². The third-order valence-electron chi connectivity index (χ3n) is 6.06. The number of fused-ring (bicyclic) bond motifs is 1. The number of hydrogen-bond acceptors (Lipinski definition) is 6. The van der Waals surface area contributed by atoms with Crippen molar-refractivity contribution < 1.29 is 22.8 Å². The molecule has 3 aromatic rings. The number of benzene rings is 2. The Balaban J connectivity index is 1.68. The van der Waals surface area contributed by atoms with E-state index in [1.807, 2.05) is 32.0 Å². The molecule has 5 nitrogen and oxygen atoms in total. The van der Waals surface area contributed by atoms with Gasteiger partial charge in [0.05, 0.1) is 12.2 Å². The number of halogens is 4. The van der Waals surface area contributed by atoms with Crippen LogP contribution in [0.4, 0.5) is 18.9 Å². The average molecular weight is 508 g/mol. The van der Waals surface area contributed by atoms with Gasteiger partial charge in [0.15, 0.2) is 6.29 Å². The average Bonchev–Trinajstić information content (AvgIpc) is 3.03. The van der Waals surface area contributed by atoms with Crippen molar-refractivity contribution in [3.63, 3.8) is 0 Å². The zero-order valence-corrected chi connectivity index (χ0v) is 19.9. The van der Waals surface area contributed by atoms with E-state index in [0.29, 0.717) is 30.2 Å². The molecular weight excluding hydrogens is 487 g/mol. The number of rotatable bonds is 6. The first-order valence-corrected chi connectivity index (χ1v) is 11.6. The summed E-state index contributed by atoms with van der Waals surface area (Å²) in [6.45, 7) is 4.51. The molecule has 34 heavy (non-hydrogen) atoms. The zero-order valence-electron chi connectivity index (χ0n) is 18.3. The smallest absolute Gasteiger partial charge is 0.346 e. The van der Waals surface area contributed by atoms with Gasteiger partial charge in [-0.25, -0.2) is 0 Å². The normalized spacial score (nSPS) is 18.4. The van der Waals surface area contributed by atoms with Gasteiger partial charge in [-0.3, -0.25) is 19.5 Å². The summed E-state index contributed by atoms with van der Waals surface area (Å²) >= 11 is 6.00. The first-order valence-electron chi connectivity index (χ1n) is 10.4. The molecule has 1 fully saturated rings. The summed E-state index contributed by atoms with van der Waals surface area (Å²) < 4.78 is 38.1. The van der Waals surface area contributed by atoms with Crippen LogP contribution in [0.25, 0.3) is 10.9 Å². The van der Waals surface area contributed by atoms with Crippen molar-refractivity contribution in [3.05, 3.63) is 65.3 Å². The van der Waals surface area contributed by atoms with E-state index in [1.54, 1.807) is 29.3 Å². The lowest BCUT2D eigenvalue weighted by atomic mass is 9.90. The Morgan fingerprint density at radius 3 is 2.56 bits per heavy atom. The van der Waals surface area contributed by atoms with E-state index in [1.165, 1.54) is 12.1 Å². The third-order valence-corrected chi connectivity index (χ3v) is 7.04. The van der Waals surface area contributed by atoms with Crippen molar-refractivity contribution in [2.45, 2.75) is 42.4 Å². The molecule has 0 amide bonds. The molecule has 2 heterocycles. The number of carbonyl (C=O) groups is 2.